The second kappa shape index (κ2) is 7.27. The Morgan fingerprint density at radius 1 is 1.37 bits per heavy atom. The second-order valence-electron chi connectivity index (χ2n) is 5.26. The van der Waals surface area contributed by atoms with Crippen LogP contribution in [0.15, 0.2) is 28.7 Å². The van der Waals surface area contributed by atoms with Crippen LogP contribution >= 0.6 is 15.9 Å². The minimum atomic E-state index is 0.516. The average molecular weight is 327 g/mol. The minimum absolute atomic E-state index is 0.516. The van der Waals surface area contributed by atoms with E-state index in [1.165, 1.54) is 12.8 Å². The van der Waals surface area contributed by atoms with E-state index in [0.717, 1.165) is 36.5 Å². The molecule has 0 aromatic heterocycles. The van der Waals surface area contributed by atoms with Crippen LogP contribution in [0.5, 0.6) is 5.75 Å². The molecule has 0 radical (unpaired) electrons. The summed E-state index contributed by atoms with van der Waals surface area (Å²) < 4.78 is 6.87. The van der Waals surface area contributed by atoms with Crippen LogP contribution in [0.1, 0.15) is 19.8 Å². The maximum absolute atomic E-state index is 5.90. The van der Waals surface area contributed by atoms with Crippen LogP contribution in [0, 0.1) is 5.92 Å². The Balaban J connectivity index is 1.79. The SMILES string of the molecule is CC1CCCN(CCOc2ccc(Br)cc2)C1CN. The van der Waals surface area contributed by atoms with Crippen LogP contribution in [0.3, 0.4) is 0 Å². The van der Waals surface area contributed by atoms with Crippen molar-refractivity contribution in [3.63, 3.8) is 0 Å². The molecule has 0 bridgehead atoms. The summed E-state index contributed by atoms with van der Waals surface area (Å²) in [5.74, 6) is 1.63. The summed E-state index contributed by atoms with van der Waals surface area (Å²) in [6.45, 7) is 5.89. The summed E-state index contributed by atoms with van der Waals surface area (Å²) in [5.41, 5.74) is 5.90. The third-order valence-corrected chi connectivity index (χ3v) is 4.46. The van der Waals surface area contributed by atoms with Gasteiger partial charge in [-0.15, -0.1) is 0 Å². The van der Waals surface area contributed by atoms with E-state index < -0.39 is 0 Å². The van der Waals surface area contributed by atoms with E-state index in [1.807, 2.05) is 24.3 Å². The zero-order valence-corrected chi connectivity index (χ0v) is 13.1. The van der Waals surface area contributed by atoms with E-state index in [2.05, 4.69) is 27.8 Å². The molecule has 0 spiro atoms. The summed E-state index contributed by atoms with van der Waals surface area (Å²) in [5, 5.41) is 0. The molecule has 2 unspecified atom stereocenters. The Morgan fingerprint density at radius 2 is 2.11 bits per heavy atom. The number of nitrogens with two attached hydrogens (primary N) is 1. The number of nitrogens with zero attached hydrogens (tertiary/aromatic N) is 1. The fourth-order valence-electron chi connectivity index (χ4n) is 2.81. The Morgan fingerprint density at radius 3 is 2.79 bits per heavy atom. The molecule has 3 nitrogen and oxygen atoms in total. The highest BCUT2D eigenvalue weighted by Crippen LogP contribution is 2.22. The average Bonchev–Trinajstić information content (AvgIpc) is 2.41. The third kappa shape index (κ3) is 4.20. The van der Waals surface area contributed by atoms with Gasteiger partial charge in [-0.25, -0.2) is 0 Å². The Hall–Kier alpha value is -0.580. The molecular formula is C15H23BrN2O. The molecule has 1 saturated heterocycles. The van der Waals surface area contributed by atoms with Gasteiger partial charge in [-0.3, -0.25) is 4.90 Å². The molecule has 0 saturated carbocycles. The Kier molecular flexibility index (Phi) is 5.67. The van der Waals surface area contributed by atoms with Crippen LogP contribution in [-0.2, 0) is 0 Å². The number of hydrogen-bond donors (Lipinski definition) is 1. The molecule has 1 aliphatic heterocycles. The van der Waals surface area contributed by atoms with Gasteiger partial charge < -0.3 is 10.5 Å². The van der Waals surface area contributed by atoms with Crippen LogP contribution in [-0.4, -0.2) is 37.2 Å². The number of halogens is 1. The first kappa shape index (κ1) is 14.8. The minimum Gasteiger partial charge on any atom is -0.492 e. The highest BCUT2D eigenvalue weighted by Gasteiger charge is 2.26. The van der Waals surface area contributed by atoms with E-state index in [-0.39, 0.29) is 0 Å². The number of rotatable bonds is 5. The molecule has 1 aliphatic rings. The van der Waals surface area contributed by atoms with Gasteiger partial charge in [0.2, 0.25) is 0 Å². The highest BCUT2D eigenvalue weighted by molar-refractivity contribution is 9.10. The second-order valence-corrected chi connectivity index (χ2v) is 6.18. The number of likely N-dealkylation sites (tertiary alicyclic amines) is 1. The van der Waals surface area contributed by atoms with Gasteiger partial charge >= 0.3 is 0 Å². The lowest BCUT2D eigenvalue weighted by Crippen LogP contribution is -2.49. The van der Waals surface area contributed by atoms with Crippen molar-refractivity contribution in [2.75, 3.05) is 26.2 Å². The largest absolute Gasteiger partial charge is 0.492 e. The van der Waals surface area contributed by atoms with Crippen molar-refractivity contribution >= 4 is 15.9 Å². The van der Waals surface area contributed by atoms with Crippen molar-refractivity contribution in [1.29, 1.82) is 0 Å². The van der Waals surface area contributed by atoms with E-state index in [1.54, 1.807) is 0 Å². The molecule has 4 heteroatoms. The lowest BCUT2D eigenvalue weighted by atomic mass is 9.91. The Labute approximate surface area is 124 Å². The molecule has 106 valence electrons. The van der Waals surface area contributed by atoms with Crippen molar-refractivity contribution < 1.29 is 4.74 Å². The first-order valence-electron chi connectivity index (χ1n) is 7.03. The van der Waals surface area contributed by atoms with Gasteiger partial charge in [0.25, 0.3) is 0 Å². The molecule has 1 aromatic rings. The number of ether oxygens (including phenoxy) is 1. The van der Waals surface area contributed by atoms with Crippen molar-refractivity contribution in [1.82, 2.24) is 4.90 Å². The zero-order chi connectivity index (χ0) is 13.7. The predicted octanol–water partition coefficient (Wildman–Crippen LogP) is 2.89. The normalized spacial score (nSPS) is 24.4. The van der Waals surface area contributed by atoms with Crippen molar-refractivity contribution in [3.05, 3.63) is 28.7 Å². The molecule has 2 N–H and O–H groups in total. The van der Waals surface area contributed by atoms with Crippen LogP contribution in [0.25, 0.3) is 0 Å². The van der Waals surface area contributed by atoms with Crippen molar-refractivity contribution in [3.8, 4) is 5.75 Å². The zero-order valence-electron chi connectivity index (χ0n) is 11.5. The molecule has 19 heavy (non-hydrogen) atoms. The van der Waals surface area contributed by atoms with Gasteiger partial charge in [0.15, 0.2) is 0 Å². The summed E-state index contributed by atoms with van der Waals surface area (Å²) in [7, 11) is 0. The van der Waals surface area contributed by atoms with Gasteiger partial charge in [0.05, 0.1) is 0 Å². The molecule has 1 aromatic carbocycles. The maximum Gasteiger partial charge on any atom is 0.119 e. The third-order valence-electron chi connectivity index (χ3n) is 3.93. The van der Waals surface area contributed by atoms with Gasteiger partial charge in [-0.2, -0.15) is 0 Å². The molecule has 0 aliphatic carbocycles. The fourth-order valence-corrected chi connectivity index (χ4v) is 3.07. The monoisotopic (exact) mass is 326 g/mol. The van der Waals surface area contributed by atoms with E-state index in [0.29, 0.717) is 12.0 Å². The standard InChI is InChI=1S/C15H23BrN2O/c1-12-3-2-8-18(15(12)11-17)9-10-19-14-6-4-13(16)5-7-14/h4-7,12,15H,2-3,8-11,17H2,1H3. The molecular weight excluding hydrogens is 304 g/mol. The van der Waals surface area contributed by atoms with Crippen LogP contribution < -0.4 is 10.5 Å². The van der Waals surface area contributed by atoms with Crippen LogP contribution in [0.4, 0.5) is 0 Å². The molecule has 2 atom stereocenters. The first-order chi connectivity index (χ1) is 9.20. The predicted molar refractivity (Wildman–Crippen MR) is 82.5 cm³/mol. The topological polar surface area (TPSA) is 38.5 Å². The summed E-state index contributed by atoms with van der Waals surface area (Å²) in [6.07, 6.45) is 2.57. The van der Waals surface area contributed by atoms with Crippen LogP contribution in [0.2, 0.25) is 0 Å². The van der Waals surface area contributed by atoms with Gasteiger partial charge in [0.1, 0.15) is 12.4 Å². The molecule has 0 amide bonds. The molecule has 1 fully saturated rings. The fraction of sp³-hybridized carbons (Fsp3) is 0.600. The van der Waals surface area contributed by atoms with Crippen molar-refractivity contribution in [2.24, 2.45) is 11.7 Å². The van der Waals surface area contributed by atoms with Crippen molar-refractivity contribution in [2.45, 2.75) is 25.8 Å². The summed E-state index contributed by atoms with van der Waals surface area (Å²) >= 11 is 3.42. The molecule has 1 heterocycles. The number of hydrogen-bond acceptors (Lipinski definition) is 3. The quantitative estimate of drug-likeness (QED) is 0.904. The van der Waals surface area contributed by atoms with E-state index in [4.69, 9.17) is 10.5 Å². The van der Waals surface area contributed by atoms with E-state index >= 15 is 0 Å². The number of piperidine rings is 1. The first-order valence-corrected chi connectivity index (χ1v) is 7.82. The Bertz CT molecular complexity index is 382. The lowest BCUT2D eigenvalue weighted by molar-refractivity contribution is 0.0895. The van der Waals surface area contributed by atoms with E-state index in [9.17, 15) is 0 Å². The van der Waals surface area contributed by atoms with Gasteiger partial charge in [-0.05, 0) is 49.6 Å². The van der Waals surface area contributed by atoms with Gasteiger partial charge in [-0.1, -0.05) is 22.9 Å². The summed E-state index contributed by atoms with van der Waals surface area (Å²) in [4.78, 5) is 2.48. The smallest absolute Gasteiger partial charge is 0.119 e. The van der Waals surface area contributed by atoms with Gasteiger partial charge in [0, 0.05) is 23.6 Å². The maximum atomic E-state index is 5.90. The highest BCUT2D eigenvalue weighted by atomic mass is 79.9. The molecule has 2 rings (SSSR count). The summed E-state index contributed by atoms with van der Waals surface area (Å²) in [6, 6.07) is 8.50. The lowest BCUT2D eigenvalue weighted by Gasteiger charge is -2.39. The number of benzene rings is 1.